The molecule has 0 spiro atoms. The van der Waals surface area contributed by atoms with Crippen molar-refractivity contribution in [2.24, 2.45) is 0 Å². The molecule has 0 aliphatic heterocycles. The molecule has 13 heavy (non-hydrogen) atoms. The maximum atomic E-state index is 3.25. The van der Waals surface area contributed by atoms with Crippen molar-refractivity contribution in [1.29, 1.82) is 0 Å². The van der Waals surface area contributed by atoms with Crippen LogP contribution in [0.15, 0.2) is 0 Å². The monoisotopic (exact) mass is 180 g/mol. The minimum absolute atomic E-state index is 1.10. The fourth-order valence-electron chi connectivity index (χ4n) is 1.26. The molecule has 0 aliphatic carbocycles. The zero-order valence-corrected chi connectivity index (χ0v) is 9.36. The van der Waals surface area contributed by atoms with E-state index in [1.165, 1.54) is 44.9 Å². The number of hydrogen-bond donors (Lipinski definition) is 0. The van der Waals surface area contributed by atoms with Crippen LogP contribution in [0.1, 0.15) is 71.6 Å². The lowest BCUT2D eigenvalue weighted by Crippen LogP contribution is -1.76. The molecule has 0 N–H and O–H groups in total. The van der Waals surface area contributed by atoms with Crippen LogP contribution in [-0.2, 0) is 0 Å². The first kappa shape index (κ1) is 12.6. The van der Waals surface area contributed by atoms with Crippen molar-refractivity contribution in [3.8, 4) is 11.8 Å². The average Bonchev–Trinajstić information content (AvgIpc) is 2.16. The van der Waals surface area contributed by atoms with Crippen LogP contribution in [0.2, 0.25) is 0 Å². The van der Waals surface area contributed by atoms with Crippen molar-refractivity contribution < 1.29 is 0 Å². The molecule has 0 bridgehead atoms. The summed E-state index contributed by atoms with van der Waals surface area (Å²) in [7, 11) is 0. The fourth-order valence-corrected chi connectivity index (χ4v) is 1.26. The molecule has 0 radical (unpaired) electrons. The summed E-state index contributed by atoms with van der Waals surface area (Å²) >= 11 is 0. The molecule has 76 valence electrons. The molecule has 0 saturated heterocycles. The third-order valence-electron chi connectivity index (χ3n) is 2.19. The van der Waals surface area contributed by atoms with Crippen molar-refractivity contribution in [1.82, 2.24) is 0 Å². The Kier molecular flexibility index (Phi) is 11.2. The Balaban J connectivity index is 2.99. The number of unbranched alkanes of at least 4 members (excludes halogenated alkanes) is 7. The lowest BCUT2D eigenvalue weighted by atomic mass is 10.1. The Morgan fingerprint density at radius 3 is 1.77 bits per heavy atom. The summed E-state index contributed by atoms with van der Waals surface area (Å²) < 4.78 is 0. The maximum Gasteiger partial charge on any atom is 0.00886 e. The topological polar surface area (TPSA) is 0 Å². The van der Waals surface area contributed by atoms with Crippen LogP contribution in [-0.4, -0.2) is 0 Å². The maximum absolute atomic E-state index is 3.25. The average molecular weight is 180 g/mol. The third kappa shape index (κ3) is 11.6. The fraction of sp³-hybridized carbons (Fsp3) is 0.846. The Bertz CT molecular complexity index is 136. The second-order valence-corrected chi connectivity index (χ2v) is 3.62. The van der Waals surface area contributed by atoms with E-state index < -0.39 is 0 Å². The number of rotatable bonds is 7. The molecule has 0 atom stereocenters. The Morgan fingerprint density at radius 1 is 0.615 bits per heavy atom. The zero-order valence-electron chi connectivity index (χ0n) is 9.36. The van der Waals surface area contributed by atoms with Crippen LogP contribution < -0.4 is 0 Å². The highest BCUT2D eigenvalue weighted by molar-refractivity contribution is 4.98. The second kappa shape index (κ2) is 11.6. The predicted molar refractivity (Wildman–Crippen MR) is 60.7 cm³/mol. The van der Waals surface area contributed by atoms with Gasteiger partial charge in [0.15, 0.2) is 0 Å². The summed E-state index contributed by atoms with van der Waals surface area (Å²) in [6.45, 7) is 4.47. The van der Waals surface area contributed by atoms with Gasteiger partial charge in [-0.1, -0.05) is 46.0 Å². The molecule has 0 heteroatoms. The van der Waals surface area contributed by atoms with E-state index in [0.717, 1.165) is 12.8 Å². The molecule has 0 rings (SSSR count). The molecule has 0 amide bonds. The van der Waals surface area contributed by atoms with Crippen molar-refractivity contribution >= 4 is 0 Å². The van der Waals surface area contributed by atoms with E-state index in [1.807, 2.05) is 0 Å². The second-order valence-electron chi connectivity index (χ2n) is 3.62. The quantitative estimate of drug-likeness (QED) is 0.398. The summed E-state index contributed by atoms with van der Waals surface area (Å²) in [4.78, 5) is 0. The minimum atomic E-state index is 1.10. The Hall–Kier alpha value is -0.440. The van der Waals surface area contributed by atoms with Gasteiger partial charge < -0.3 is 0 Å². The van der Waals surface area contributed by atoms with Gasteiger partial charge in [-0.25, -0.2) is 0 Å². The summed E-state index contributed by atoms with van der Waals surface area (Å²) in [5.41, 5.74) is 0. The van der Waals surface area contributed by atoms with Crippen LogP contribution in [0.5, 0.6) is 0 Å². The van der Waals surface area contributed by atoms with E-state index >= 15 is 0 Å². The summed E-state index contributed by atoms with van der Waals surface area (Å²) in [6.07, 6.45) is 11.6. The Morgan fingerprint density at radius 2 is 1.15 bits per heavy atom. The van der Waals surface area contributed by atoms with Crippen LogP contribution in [0.25, 0.3) is 0 Å². The first-order chi connectivity index (χ1) is 6.41. The Labute approximate surface area is 84.1 Å². The molecule has 0 aromatic rings. The van der Waals surface area contributed by atoms with Gasteiger partial charge in [0.25, 0.3) is 0 Å². The van der Waals surface area contributed by atoms with Crippen LogP contribution in [0.3, 0.4) is 0 Å². The van der Waals surface area contributed by atoms with Gasteiger partial charge in [-0.2, -0.15) is 0 Å². The summed E-state index contributed by atoms with van der Waals surface area (Å²) in [6, 6.07) is 0. The first-order valence-corrected chi connectivity index (χ1v) is 5.87. The molecular weight excluding hydrogens is 156 g/mol. The van der Waals surface area contributed by atoms with Gasteiger partial charge in [0.1, 0.15) is 0 Å². The van der Waals surface area contributed by atoms with Crippen LogP contribution in [0, 0.1) is 11.8 Å². The molecule has 0 aromatic carbocycles. The van der Waals surface area contributed by atoms with E-state index in [-0.39, 0.29) is 0 Å². The van der Waals surface area contributed by atoms with Crippen molar-refractivity contribution in [3.05, 3.63) is 0 Å². The normalized spacial score (nSPS) is 9.38. The highest BCUT2D eigenvalue weighted by Crippen LogP contribution is 2.04. The van der Waals surface area contributed by atoms with Gasteiger partial charge in [-0.05, 0) is 12.8 Å². The molecule has 0 saturated carbocycles. The molecule has 0 heterocycles. The van der Waals surface area contributed by atoms with Gasteiger partial charge in [-0.3, -0.25) is 0 Å². The molecule has 0 aliphatic rings. The van der Waals surface area contributed by atoms with Crippen LogP contribution >= 0.6 is 0 Å². The van der Waals surface area contributed by atoms with Crippen LogP contribution in [0.4, 0.5) is 0 Å². The first-order valence-electron chi connectivity index (χ1n) is 5.87. The zero-order chi connectivity index (χ0) is 9.78. The van der Waals surface area contributed by atoms with Crippen molar-refractivity contribution in [3.63, 3.8) is 0 Å². The van der Waals surface area contributed by atoms with Gasteiger partial charge in [-0.15, -0.1) is 11.8 Å². The summed E-state index contributed by atoms with van der Waals surface area (Å²) in [5.74, 6) is 6.47. The largest absolute Gasteiger partial charge is 0.103 e. The van der Waals surface area contributed by atoms with Gasteiger partial charge in [0.05, 0.1) is 0 Å². The lowest BCUT2D eigenvalue weighted by Gasteiger charge is -1.94. The molecular formula is C13H24. The van der Waals surface area contributed by atoms with E-state index in [0.29, 0.717) is 0 Å². The van der Waals surface area contributed by atoms with E-state index in [9.17, 15) is 0 Å². The SMILES string of the molecule is CCCCC#CCCCCCCC. The summed E-state index contributed by atoms with van der Waals surface area (Å²) in [5, 5.41) is 0. The highest BCUT2D eigenvalue weighted by Gasteiger charge is 1.85. The molecule has 0 fully saturated rings. The van der Waals surface area contributed by atoms with Crippen molar-refractivity contribution in [2.45, 2.75) is 71.6 Å². The number of hydrogen-bond acceptors (Lipinski definition) is 0. The van der Waals surface area contributed by atoms with Gasteiger partial charge >= 0.3 is 0 Å². The van der Waals surface area contributed by atoms with Gasteiger partial charge in [0.2, 0.25) is 0 Å². The van der Waals surface area contributed by atoms with E-state index in [4.69, 9.17) is 0 Å². The van der Waals surface area contributed by atoms with Gasteiger partial charge in [0, 0.05) is 12.8 Å². The minimum Gasteiger partial charge on any atom is -0.103 e. The lowest BCUT2D eigenvalue weighted by molar-refractivity contribution is 0.641. The standard InChI is InChI=1S/C13H24/c1-3-5-7-9-11-13-12-10-8-6-4-2/h3-9,11,13H2,1-2H3. The molecule has 0 unspecified atom stereocenters. The van der Waals surface area contributed by atoms with E-state index in [1.54, 1.807) is 0 Å². The smallest absolute Gasteiger partial charge is 0.00886 e. The highest BCUT2D eigenvalue weighted by atomic mass is 13.9. The molecule has 0 aromatic heterocycles. The predicted octanol–water partition coefficient (Wildman–Crippen LogP) is 4.54. The van der Waals surface area contributed by atoms with Crippen molar-refractivity contribution in [2.75, 3.05) is 0 Å². The van der Waals surface area contributed by atoms with E-state index in [2.05, 4.69) is 25.7 Å². The molecule has 0 nitrogen and oxygen atoms in total. The third-order valence-corrected chi connectivity index (χ3v) is 2.19.